The van der Waals surface area contributed by atoms with Crippen LogP contribution in [0.1, 0.15) is 121 Å². The maximum Gasteiger partial charge on any atom is 0.0991 e. The minimum absolute atomic E-state index is 0.613. The summed E-state index contributed by atoms with van der Waals surface area (Å²) in [6, 6.07) is 84.9. The summed E-state index contributed by atoms with van der Waals surface area (Å²) in [5.41, 5.74) is 29.2. The van der Waals surface area contributed by atoms with E-state index in [-0.39, 0.29) is 0 Å². The topological polar surface area (TPSA) is 28.7 Å². The Hall–Kier alpha value is -9.29. The molecule has 0 unspecified atom stereocenters. The third-order valence-corrected chi connectivity index (χ3v) is 19.7. The van der Waals surface area contributed by atoms with Crippen LogP contribution >= 0.6 is 0 Å². The number of hydrogen-bond donors (Lipinski definition) is 0. The van der Waals surface area contributed by atoms with Gasteiger partial charge in [0.25, 0.3) is 0 Å². The SMILES string of the molecule is [2H]C1(c2cc(C3([2H])CCCC3)c(-c3ccc4c(c3)-c3ccc(C#N)cc3-c3ccccc3-c3ccccc3-4)c(C3([2H])CCCC3)c2-c2ccc3c(c2)-c2ccccc2-c2ccccc2-c2cc(-n4c5ccccc5c5ccccc54)ccc2-3)CCCC1. The van der Waals surface area contributed by atoms with Gasteiger partial charge in [-0.2, -0.15) is 5.26 Å². The highest BCUT2D eigenvalue weighted by molar-refractivity contribution is 6.11. The van der Waals surface area contributed by atoms with Gasteiger partial charge in [0.15, 0.2) is 0 Å². The van der Waals surface area contributed by atoms with E-state index in [0.717, 1.165) is 176 Å². The van der Waals surface area contributed by atoms with Crippen LogP contribution in [0, 0.1) is 11.3 Å². The zero-order chi connectivity index (χ0) is 58.2. The van der Waals surface area contributed by atoms with Crippen LogP contribution < -0.4 is 0 Å². The molecule has 0 bridgehead atoms. The van der Waals surface area contributed by atoms with Crippen molar-refractivity contribution >= 4 is 21.8 Å². The van der Waals surface area contributed by atoms with Crippen LogP contribution in [0.15, 0.2) is 224 Å². The molecule has 0 saturated heterocycles. The molecule has 0 amide bonds. The molecule has 12 aromatic rings. The Labute approximate surface area is 497 Å². The molecule has 84 heavy (non-hydrogen) atoms. The van der Waals surface area contributed by atoms with Gasteiger partial charge in [-0.15, -0.1) is 0 Å². The molecule has 0 spiro atoms. The first-order valence-electron chi connectivity index (χ1n) is 32.3. The van der Waals surface area contributed by atoms with Crippen LogP contribution in [0.5, 0.6) is 0 Å². The Kier molecular flexibility index (Phi) is 11.0. The van der Waals surface area contributed by atoms with Crippen LogP contribution in [0.3, 0.4) is 0 Å². The second-order valence-electron chi connectivity index (χ2n) is 24.2. The van der Waals surface area contributed by atoms with Gasteiger partial charge in [0, 0.05) is 20.6 Å². The summed E-state index contributed by atoms with van der Waals surface area (Å²) in [4.78, 5) is 0. The van der Waals surface area contributed by atoms with E-state index in [2.05, 4.69) is 229 Å². The van der Waals surface area contributed by atoms with E-state index in [4.69, 9.17) is 0 Å². The number of para-hydroxylation sites is 2. The Morgan fingerprint density at radius 3 is 1.10 bits per heavy atom. The summed E-state index contributed by atoms with van der Waals surface area (Å²) in [5.74, 6) is -2.80. The van der Waals surface area contributed by atoms with Crippen molar-refractivity contribution < 1.29 is 4.11 Å². The smallest absolute Gasteiger partial charge is 0.0991 e. The highest BCUT2D eigenvalue weighted by Crippen LogP contribution is 2.57. The second-order valence-corrected chi connectivity index (χ2v) is 24.2. The molecule has 0 aliphatic heterocycles. The van der Waals surface area contributed by atoms with E-state index in [9.17, 15) is 9.37 Å². The molecule has 5 aliphatic rings. The molecule has 0 radical (unpaired) electrons. The zero-order valence-corrected chi connectivity index (χ0v) is 47.2. The predicted octanol–water partition coefficient (Wildman–Crippen LogP) is 22.9. The summed E-state index contributed by atoms with van der Waals surface area (Å²) >= 11 is 0. The first kappa shape index (κ1) is 46.2. The van der Waals surface area contributed by atoms with E-state index >= 15 is 0 Å². The average molecular weight is 1080 g/mol. The van der Waals surface area contributed by atoms with Gasteiger partial charge < -0.3 is 4.57 Å². The molecule has 402 valence electrons. The minimum atomic E-state index is -0.994. The number of benzene rings is 11. The van der Waals surface area contributed by atoms with Crippen LogP contribution in [0.25, 0.3) is 139 Å². The van der Waals surface area contributed by atoms with Crippen molar-refractivity contribution in [2.75, 3.05) is 0 Å². The Morgan fingerprint density at radius 1 is 0.321 bits per heavy atom. The first-order valence-corrected chi connectivity index (χ1v) is 30.8. The molecule has 1 aromatic heterocycles. The third kappa shape index (κ3) is 7.75. The highest BCUT2D eigenvalue weighted by atomic mass is 15.0. The van der Waals surface area contributed by atoms with Crippen LogP contribution in [0.2, 0.25) is 0 Å². The molecular formula is C82H64N2. The second kappa shape index (κ2) is 20.0. The standard InChI is InChI=1S/C82H64N2/c83-50-51-37-41-69-74(45-51)63-30-12-9-26-59(63)58-25-7-8-29-62(58)66-42-38-56(47-76(66)69)81-73(53-21-3-4-22-53)49-72(52-19-1-2-20-52)80(82(81)54-23-5-6-24-54)55-39-43-67-68-44-40-57(84-78-35-17-15-33-70(78)71-34-16-18-36-79(71)84)48-77(68)65-32-14-11-28-61(65)60-27-10-13-31-64(60)75(67)46-55/h7-18,25-49,52-54H,1-6,19-24H2/i52D,53D,54D. The van der Waals surface area contributed by atoms with Gasteiger partial charge in [-0.3, -0.25) is 0 Å². The Bertz CT molecular complexity index is 4840. The predicted molar refractivity (Wildman–Crippen MR) is 351 cm³/mol. The lowest BCUT2D eigenvalue weighted by Gasteiger charge is -2.32. The lowest BCUT2D eigenvalue weighted by molar-refractivity contribution is 0.684. The first-order chi connectivity index (χ1) is 42.7. The molecule has 3 saturated carbocycles. The van der Waals surface area contributed by atoms with Crippen LogP contribution in [0.4, 0.5) is 0 Å². The molecule has 0 N–H and O–H groups in total. The summed E-state index contributed by atoms with van der Waals surface area (Å²) in [6.45, 7) is 0. The van der Waals surface area contributed by atoms with Crippen molar-refractivity contribution in [1.82, 2.24) is 4.57 Å². The summed E-state index contributed by atoms with van der Waals surface area (Å²) in [6.07, 6.45) is 10.1. The normalized spacial score (nSPS) is 17.0. The quantitative estimate of drug-likeness (QED) is 0.163. The van der Waals surface area contributed by atoms with Gasteiger partial charge in [0.05, 0.1) is 22.7 Å². The largest absolute Gasteiger partial charge is 0.309 e. The van der Waals surface area contributed by atoms with E-state index < -0.39 is 17.7 Å². The number of nitrogens with zero attached hydrogens (tertiary/aromatic N) is 2. The van der Waals surface area contributed by atoms with Crippen molar-refractivity contribution in [3.05, 3.63) is 247 Å². The number of fused-ring (bicyclic) bond motifs is 19. The highest BCUT2D eigenvalue weighted by Gasteiger charge is 2.36. The van der Waals surface area contributed by atoms with Gasteiger partial charge in [0.2, 0.25) is 0 Å². The third-order valence-electron chi connectivity index (χ3n) is 19.7. The van der Waals surface area contributed by atoms with E-state index in [1.54, 1.807) is 0 Å². The minimum Gasteiger partial charge on any atom is -0.309 e. The zero-order valence-electron chi connectivity index (χ0n) is 50.2. The number of hydrogen-bond acceptors (Lipinski definition) is 1. The Balaban J connectivity index is 0.962. The lowest BCUT2D eigenvalue weighted by Crippen LogP contribution is -2.11. The number of nitriles is 1. The lowest BCUT2D eigenvalue weighted by atomic mass is 9.72. The summed E-state index contributed by atoms with van der Waals surface area (Å²) < 4.78 is 35.3. The fourth-order valence-corrected chi connectivity index (χ4v) is 15.9. The molecule has 3 fully saturated rings. The maximum absolute atomic E-state index is 11.2. The summed E-state index contributed by atoms with van der Waals surface area (Å²) in [5, 5.41) is 12.9. The molecule has 1 heterocycles. The summed E-state index contributed by atoms with van der Waals surface area (Å²) in [7, 11) is 0. The van der Waals surface area contributed by atoms with Gasteiger partial charge in [-0.25, -0.2) is 0 Å². The van der Waals surface area contributed by atoms with Gasteiger partial charge in [-0.1, -0.05) is 214 Å². The van der Waals surface area contributed by atoms with Gasteiger partial charge >= 0.3 is 0 Å². The number of aromatic nitrogens is 1. The van der Waals surface area contributed by atoms with Crippen LogP contribution in [-0.2, 0) is 0 Å². The Morgan fingerprint density at radius 2 is 0.655 bits per heavy atom. The molecule has 2 nitrogen and oxygen atoms in total. The fraction of sp³-hybridized carbons (Fsp3) is 0.183. The monoisotopic (exact) mass is 1080 g/mol. The molecular weight excluding hydrogens is 1010 g/mol. The molecule has 0 atom stereocenters. The van der Waals surface area contributed by atoms with Gasteiger partial charge in [0.1, 0.15) is 0 Å². The molecule has 2 heteroatoms. The molecule has 17 rings (SSSR count). The molecule has 5 aliphatic carbocycles. The van der Waals surface area contributed by atoms with E-state index in [1.807, 2.05) is 6.07 Å². The van der Waals surface area contributed by atoms with E-state index in [0.29, 0.717) is 18.4 Å². The fourth-order valence-electron chi connectivity index (χ4n) is 15.9. The van der Waals surface area contributed by atoms with Crippen molar-refractivity contribution in [2.24, 2.45) is 0 Å². The maximum atomic E-state index is 11.2. The van der Waals surface area contributed by atoms with Crippen molar-refractivity contribution in [1.29, 1.82) is 5.26 Å². The van der Waals surface area contributed by atoms with E-state index in [1.165, 1.54) is 44.1 Å². The molecule has 11 aromatic carbocycles. The van der Waals surface area contributed by atoms with Gasteiger partial charge in [-0.05, 0) is 233 Å². The van der Waals surface area contributed by atoms with Crippen molar-refractivity contribution in [2.45, 2.75) is 94.7 Å². The van der Waals surface area contributed by atoms with Crippen LogP contribution in [-0.4, -0.2) is 4.57 Å². The average Bonchev–Trinajstić information content (AvgIpc) is 1.72. The number of rotatable bonds is 6. The van der Waals surface area contributed by atoms with Crippen molar-refractivity contribution in [3.63, 3.8) is 0 Å². The van der Waals surface area contributed by atoms with Crippen molar-refractivity contribution in [3.8, 4) is 123 Å².